The molecule has 7 nitrogen and oxygen atoms in total. The molecule has 0 aliphatic rings. The maximum Gasteiger partial charge on any atom is 0.323 e. The number of anilines is 1. The molecule has 234 valence electrons. The first-order valence-electron chi connectivity index (χ1n) is 15.3. The van der Waals surface area contributed by atoms with Crippen LogP contribution in [-0.2, 0) is 39.0 Å². The fourth-order valence-electron chi connectivity index (χ4n) is 5.79. The monoisotopic (exact) mass is 623 g/mol. The Morgan fingerprint density at radius 1 is 0.844 bits per heavy atom. The van der Waals surface area contributed by atoms with Gasteiger partial charge in [0.15, 0.2) is 0 Å². The molecule has 4 aromatic carbocycles. The van der Waals surface area contributed by atoms with Crippen LogP contribution in [0.5, 0.6) is 0 Å². The standard InChI is InChI=1S/C37H41N3O4S/c1-26-22-27(2)24-30(23-26)36-33(32-13-7-8-14-34(32)39-36)20-21-38-35(37(41)44-25-29-10-5-4-6-11-29)15-9-12-28-16-18-31(19-17-28)40-45(3,42)43/h4-8,10-11,13-14,16-19,22-24,35,38-40H,9,12,15,20-21,25H2,1-3H3. The Kier molecular flexibility index (Phi) is 10.4. The minimum atomic E-state index is -3.33. The number of aromatic amines is 1. The van der Waals surface area contributed by atoms with E-state index in [-0.39, 0.29) is 12.6 Å². The van der Waals surface area contributed by atoms with E-state index in [1.807, 2.05) is 48.5 Å². The minimum absolute atomic E-state index is 0.228. The van der Waals surface area contributed by atoms with Crippen LogP contribution in [-0.4, -0.2) is 38.2 Å². The number of esters is 1. The second-order valence-electron chi connectivity index (χ2n) is 11.7. The van der Waals surface area contributed by atoms with Crippen molar-refractivity contribution < 1.29 is 17.9 Å². The van der Waals surface area contributed by atoms with E-state index in [1.54, 1.807) is 12.1 Å². The smallest absolute Gasteiger partial charge is 0.323 e. The predicted octanol–water partition coefficient (Wildman–Crippen LogP) is 7.09. The van der Waals surface area contributed by atoms with Crippen molar-refractivity contribution in [3.63, 3.8) is 0 Å². The van der Waals surface area contributed by atoms with E-state index in [0.717, 1.165) is 53.4 Å². The molecule has 1 heterocycles. The lowest BCUT2D eigenvalue weighted by Crippen LogP contribution is -2.39. The molecule has 3 N–H and O–H groups in total. The number of aromatic nitrogens is 1. The van der Waals surface area contributed by atoms with Crippen LogP contribution in [0.4, 0.5) is 5.69 Å². The van der Waals surface area contributed by atoms with Crippen LogP contribution in [0.25, 0.3) is 22.2 Å². The van der Waals surface area contributed by atoms with Crippen molar-refractivity contribution in [2.75, 3.05) is 17.5 Å². The normalized spacial score (nSPS) is 12.2. The van der Waals surface area contributed by atoms with Gasteiger partial charge in [-0.15, -0.1) is 0 Å². The zero-order chi connectivity index (χ0) is 31.8. The van der Waals surface area contributed by atoms with Crippen LogP contribution in [0, 0.1) is 13.8 Å². The van der Waals surface area contributed by atoms with Crippen molar-refractivity contribution in [3.05, 3.63) is 125 Å². The molecule has 0 saturated heterocycles. The van der Waals surface area contributed by atoms with Crippen molar-refractivity contribution in [2.24, 2.45) is 0 Å². The second-order valence-corrected chi connectivity index (χ2v) is 13.5. The first-order chi connectivity index (χ1) is 21.6. The highest BCUT2D eigenvalue weighted by Gasteiger charge is 2.21. The Hall–Kier alpha value is -4.40. The third-order valence-electron chi connectivity index (χ3n) is 7.81. The molecule has 45 heavy (non-hydrogen) atoms. The van der Waals surface area contributed by atoms with Crippen LogP contribution < -0.4 is 10.0 Å². The Morgan fingerprint density at radius 3 is 2.24 bits per heavy atom. The fourth-order valence-corrected chi connectivity index (χ4v) is 6.36. The molecule has 5 aromatic rings. The zero-order valence-corrected chi connectivity index (χ0v) is 26.9. The fraction of sp³-hybridized carbons (Fsp3) is 0.270. The van der Waals surface area contributed by atoms with Gasteiger partial charge in [-0.05, 0) is 92.1 Å². The van der Waals surface area contributed by atoms with Gasteiger partial charge in [0.05, 0.1) is 6.26 Å². The summed E-state index contributed by atoms with van der Waals surface area (Å²) in [6, 6.07) is 31.5. The first-order valence-corrected chi connectivity index (χ1v) is 17.2. The van der Waals surface area contributed by atoms with Gasteiger partial charge in [-0.2, -0.15) is 0 Å². The predicted molar refractivity (Wildman–Crippen MR) is 183 cm³/mol. The molecule has 0 radical (unpaired) electrons. The highest BCUT2D eigenvalue weighted by atomic mass is 32.2. The molecule has 0 aliphatic heterocycles. The number of hydrogen-bond donors (Lipinski definition) is 3. The summed E-state index contributed by atoms with van der Waals surface area (Å²) in [5, 5.41) is 4.70. The van der Waals surface area contributed by atoms with Gasteiger partial charge in [0.25, 0.3) is 0 Å². The van der Waals surface area contributed by atoms with Crippen molar-refractivity contribution >= 4 is 32.6 Å². The largest absolute Gasteiger partial charge is 0.460 e. The lowest BCUT2D eigenvalue weighted by Gasteiger charge is -2.18. The zero-order valence-electron chi connectivity index (χ0n) is 26.1. The molecule has 1 atom stereocenters. The molecule has 0 bridgehead atoms. The first kappa shape index (κ1) is 32.0. The van der Waals surface area contributed by atoms with Gasteiger partial charge in [-0.1, -0.05) is 77.9 Å². The van der Waals surface area contributed by atoms with Gasteiger partial charge in [0.1, 0.15) is 12.6 Å². The summed E-state index contributed by atoms with van der Waals surface area (Å²) < 4.78 is 31.3. The topological polar surface area (TPSA) is 100 Å². The van der Waals surface area contributed by atoms with Crippen LogP contribution in [0.3, 0.4) is 0 Å². The second kappa shape index (κ2) is 14.6. The lowest BCUT2D eigenvalue weighted by atomic mass is 9.99. The average Bonchev–Trinajstić information content (AvgIpc) is 3.38. The molecule has 8 heteroatoms. The van der Waals surface area contributed by atoms with Crippen LogP contribution in [0.2, 0.25) is 0 Å². The number of ether oxygens (including phenoxy) is 1. The number of carbonyl (C=O) groups is 1. The SMILES string of the molecule is Cc1cc(C)cc(-c2[nH]c3ccccc3c2CCNC(CCCc2ccc(NS(C)(=O)=O)cc2)C(=O)OCc2ccccc2)c1. The number of benzene rings is 4. The van der Waals surface area contributed by atoms with Gasteiger partial charge < -0.3 is 15.0 Å². The molecule has 1 aromatic heterocycles. The van der Waals surface area contributed by atoms with E-state index in [0.29, 0.717) is 18.7 Å². The summed E-state index contributed by atoms with van der Waals surface area (Å²) in [5.41, 5.74) is 9.58. The van der Waals surface area contributed by atoms with E-state index in [2.05, 4.69) is 65.3 Å². The van der Waals surface area contributed by atoms with Crippen molar-refractivity contribution in [3.8, 4) is 11.3 Å². The lowest BCUT2D eigenvalue weighted by molar-refractivity contribution is -0.147. The quantitative estimate of drug-likeness (QED) is 0.115. The van der Waals surface area contributed by atoms with Crippen LogP contribution >= 0.6 is 0 Å². The molecule has 0 amide bonds. The highest BCUT2D eigenvalue weighted by molar-refractivity contribution is 7.92. The molecule has 0 fully saturated rings. The van der Waals surface area contributed by atoms with Crippen molar-refractivity contribution in [1.29, 1.82) is 0 Å². The Labute approximate surface area is 266 Å². The number of rotatable bonds is 14. The number of H-pyrrole nitrogens is 1. The number of aryl methyl sites for hydroxylation is 3. The summed E-state index contributed by atoms with van der Waals surface area (Å²) >= 11 is 0. The molecular weight excluding hydrogens is 582 g/mol. The molecular formula is C37H41N3O4S. The van der Waals surface area contributed by atoms with E-state index in [9.17, 15) is 13.2 Å². The minimum Gasteiger partial charge on any atom is -0.460 e. The summed E-state index contributed by atoms with van der Waals surface area (Å²) in [7, 11) is -3.33. The molecule has 0 saturated carbocycles. The number of carbonyl (C=O) groups excluding carboxylic acids is 1. The maximum absolute atomic E-state index is 13.3. The van der Waals surface area contributed by atoms with E-state index >= 15 is 0 Å². The number of sulfonamides is 1. The van der Waals surface area contributed by atoms with Crippen LogP contribution in [0.15, 0.2) is 97.1 Å². The maximum atomic E-state index is 13.3. The number of nitrogens with one attached hydrogen (secondary N) is 3. The van der Waals surface area contributed by atoms with Gasteiger partial charge in [-0.25, -0.2) is 8.42 Å². The molecule has 5 rings (SSSR count). The third kappa shape index (κ3) is 9.06. The van der Waals surface area contributed by atoms with E-state index in [4.69, 9.17) is 4.74 Å². The third-order valence-corrected chi connectivity index (χ3v) is 8.42. The van der Waals surface area contributed by atoms with Crippen molar-refractivity contribution in [2.45, 2.75) is 52.2 Å². The number of para-hydroxylation sites is 1. The Bertz CT molecular complexity index is 1830. The Balaban J connectivity index is 1.28. The van der Waals surface area contributed by atoms with Gasteiger partial charge >= 0.3 is 5.97 Å². The van der Waals surface area contributed by atoms with Gasteiger partial charge in [0, 0.05) is 28.8 Å². The number of fused-ring (bicyclic) bond motifs is 1. The summed E-state index contributed by atoms with van der Waals surface area (Å²) in [6.07, 6.45) is 3.99. The highest BCUT2D eigenvalue weighted by Crippen LogP contribution is 2.32. The van der Waals surface area contributed by atoms with E-state index < -0.39 is 16.1 Å². The van der Waals surface area contributed by atoms with Crippen molar-refractivity contribution in [1.82, 2.24) is 10.3 Å². The van der Waals surface area contributed by atoms with E-state index in [1.165, 1.54) is 22.1 Å². The number of hydrogen-bond acceptors (Lipinski definition) is 5. The molecule has 1 unspecified atom stereocenters. The summed E-state index contributed by atoms with van der Waals surface area (Å²) in [5.74, 6) is -0.264. The van der Waals surface area contributed by atoms with Gasteiger partial charge in [0.2, 0.25) is 10.0 Å². The van der Waals surface area contributed by atoms with Gasteiger partial charge in [-0.3, -0.25) is 9.52 Å². The average molecular weight is 624 g/mol. The summed E-state index contributed by atoms with van der Waals surface area (Å²) in [6.45, 7) is 5.07. The van der Waals surface area contributed by atoms with Crippen LogP contribution in [0.1, 0.15) is 40.7 Å². The molecule has 0 aliphatic carbocycles. The molecule has 0 spiro atoms. The summed E-state index contributed by atoms with van der Waals surface area (Å²) in [4.78, 5) is 17.0. The Morgan fingerprint density at radius 2 is 1.53 bits per heavy atom.